The molecular formula is C11H14F3NO2. The van der Waals surface area contributed by atoms with Crippen molar-refractivity contribution in [2.75, 3.05) is 7.11 Å². The van der Waals surface area contributed by atoms with Crippen LogP contribution in [0.3, 0.4) is 0 Å². The van der Waals surface area contributed by atoms with E-state index in [9.17, 15) is 18.3 Å². The van der Waals surface area contributed by atoms with Gasteiger partial charge < -0.3 is 9.84 Å². The summed E-state index contributed by atoms with van der Waals surface area (Å²) in [7, 11) is 1.14. The van der Waals surface area contributed by atoms with Crippen molar-refractivity contribution >= 4 is 0 Å². The van der Waals surface area contributed by atoms with Crippen molar-refractivity contribution in [2.45, 2.75) is 32.5 Å². The number of aliphatic hydroxyl groups excluding tert-OH is 1. The van der Waals surface area contributed by atoms with Crippen LogP contribution in [0.15, 0.2) is 6.07 Å². The zero-order valence-corrected chi connectivity index (χ0v) is 9.80. The molecule has 0 bridgehead atoms. The van der Waals surface area contributed by atoms with Crippen LogP contribution in [0.1, 0.15) is 23.7 Å². The Hall–Kier alpha value is -1.30. The highest BCUT2D eigenvalue weighted by Gasteiger charge is 2.36. The minimum Gasteiger partial charge on any atom is -0.481 e. The smallest absolute Gasteiger partial charge is 0.421 e. The summed E-state index contributed by atoms with van der Waals surface area (Å²) in [4.78, 5) is 3.76. The molecular weight excluding hydrogens is 235 g/mol. The highest BCUT2D eigenvalue weighted by atomic mass is 19.4. The molecule has 0 aliphatic rings. The Morgan fingerprint density at radius 2 is 2.06 bits per heavy atom. The highest BCUT2D eigenvalue weighted by molar-refractivity contribution is 5.36. The third-order valence-corrected chi connectivity index (χ3v) is 2.30. The van der Waals surface area contributed by atoms with Crippen molar-refractivity contribution in [2.24, 2.45) is 0 Å². The van der Waals surface area contributed by atoms with Gasteiger partial charge in [-0.1, -0.05) is 0 Å². The summed E-state index contributed by atoms with van der Waals surface area (Å²) < 4.78 is 42.7. The first-order chi connectivity index (χ1) is 7.75. The summed E-state index contributed by atoms with van der Waals surface area (Å²) in [5.74, 6) is -0.440. The van der Waals surface area contributed by atoms with E-state index < -0.39 is 23.7 Å². The third-order valence-electron chi connectivity index (χ3n) is 2.30. The standard InChI is InChI=1S/C11H14F3NO2/c1-6(16)4-8-5-9(11(12,13)14)10(17-3)15-7(8)2/h5-6,16H,4H2,1-3H3/t6-/m1/s1. The van der Waals surface area contributed by atoms with Gasteiger partial charge in [0.15, 0.2) is 0 Å². The van der Waals surface area contributed by atoms with E-state index in [0.717, 1.165) is 13.2 Å². The molecule has 0 fully saturated rings. The molecule has 0 unspecified atom stereocenters. The summed E-state index contributed by atoms with van der Waals surface area (Å²) in [6.07, 6.45) is -5.10. The van der Waals surface area contributed by atoms with Gasteiger partial charge in [-0.2, -0.15) is 13.2 Å². The lowest BCUT2D eigenvalue weighted by molar-refractivity contribution is -0.139. The maximum Gasteiger partial charge on any atom is 0.421 e. The van der Waals surface area contributed by atoms with Crippen LogP contribution in [-0.4, -0.2) is 23.3 Å². The van der Waals surface area contributed by atoms with E-state index >= 15 is 0 Å². The fourth-order valence-electron chi connectivity index (χ4n) is 1.51. The fourth-order valence-corrected chi connectivity index (χ4v) is 1.51. The monoisotopic (exact) mass is 249 g/mol. The molecule has 1 N–H and O–H groups in total. The Morgan fingerprint density at radius 1 is 1.47 bits per heavy atom. The van der Waals surface area contributed by atoms with Crippen molar-refractivity contribution in [3.05, 3.63) is 22.9 Å². The van der Waals surface area contributed by atoms with Gasteiger partial charge in [-0.25, -0.2) is 4.98 Å². The summed E-state index contributed by atoms with van der Waals surface area (Å²) in [6.45, 7) is 3.09. The number of alkyl halides is 3. The average Bonchev–Trinajstić information content (AvgIpc) is 2.18. The first-order valence-corrected chi connectivity index (χ1v) is 5.05. The number of hydrogen-bond acceptors (Lipinski definition) is 3. The van der Waals surface area contributed by atoms with E-state index in [-0.39, 0.29) is 6.42 Å². The van der Waals surface area contributed by atoms with E-state index in [1.54, 1.807) is 6.92 Å². The molecule has 1 atom stereocenters. The van der Waals surface area contributed by atoms with Gasteiger partial charge in [-0.3, -0.25) is 0 Å². The summed E-state index contributed by atoms with van der Waals surface area (Å²) in [5.41, 5.74) is -0.120. The fraction of sp³-hybridized carbons (Fsp3) is 0.545. The van der Waals surface area contributed by atoms with E-state index in [0.29, 0.717) is 11.3 Å². The number of hydrogen-bond donors (Lipinski definition) is 1. The van der Waals surface area contributed by atoms with E-state index in [2.05, 4.69) is 9.72 Å². The highest BCUT2D eigenvalue weighted by Crippen LogP contribution is 2.36. The second-order valence-electron chi connectivity index (χ2n) is 3.84. The molecule has 1 aromatic heterocycles. The average molecular weight is 249 g/mol. The maximum absolute atomic E-state index is 12.7. The predicted octanol–water partition coefficient (Wildman–Crippen LogP) is 2.34. The second kappa shape index (κ2) is 4.91. The van der Waals surface area contributed by atoms with E-state index in [4.69, 9.17) is 0 Å². The number of methoxy groups -OCH3 is 1. The zero-order chi connectivity index (χ0) is 13.2. The molecule has 3 nitrogen and oxygen atoms in total. The van der Waals surface area contributed by atoms with Gasteiger partial charge in [0.1, 0.15) is 5.56 Å². The zero-order valence-electron chi connectivity index (χ0n) is 9.80. The van der Waals surface area contributed by atoms with Gasteiger partial charge in [-0.05, 0) is 31.9 Å². The van der Waals surface area contributed by atoms with Gasteiger partial charge in [0, 0.05) is 5.69 Å². The van der Waals surface area contributed by atoms with Crippen LogP contribution in [0.25, 0.3) is 0 Å². The lowest BCUT2D eigenvalue weighted by Crippen LogP contribution is -2.13. The first kappa shape index (κ1) is 13.8. The maximum atomic E-state index is 12.7. The first-order valence-electron chi connectivity index (χ1n) is 5.05. The lowest BCUT2D eigenvalue weighted by atomic mass is 10.0. The number of aliphatic hydroxyl groups is 1. The number of halogens is 3. The van der Waals surface area contributed by atoms with Crippen molar-refractivity contribution in [3.8, 4) is 5.88 Å². The minimum absolute atomic E-state index is 0.131. The molecule has 0 spiro atoms. The van der Waals surface area contributed by atoms with Crippen molar-refractivity contribution < 1.29 is 23.0 Å². The molecule has 0 aromatic carbocycles. The van der Waals surface area contributed by atoms with Crippen LogP contribution in [0, 0.1) is 6.92 Å². The lowest BCUT2D eigenvalue weighted by Gasteiger charge is -2.15. The number of aromatic nitrogens is 1. The van der Waals surface area contributed by atoms with Gasteiger partial charge in [0.25, 0.3) is 0 Å². The van der Waals surface area contributed by atoms with Crippen LogP contribution in [0.4, 0.5) is 13.2 Å². The van der Waals surface area contributed by atoms with Crippen LogP contribution in [-0.2, 0) is 12.6 Å². The molecule has 0 saturated heterocycles. The molecule has 0 aliphatic carbocycles. The molecule has 1 aromatic rings. The predicted molar refractivity (Wildman–Crippen MR) is 55.9 cm³/mol. The van der Waals surface area contributed by atoms with Crippen LogP contribution in [0.5, 0.6) is 5.88 Å². The summed E-state index contributed by atoms with van der Waals surface area (Å²) in [5, 5.41) is 9.21. The Balaban J connectivity index is 3.28. The number of ether oxygens (including phenoxy) is 1. The number of nitrogens with zero attached hydrogens (tertiary/aromatic N) is 1. The summed E-state index contributed by atoms with van der Waals surface area (Å²) >= 11 is 0. The normalized spacial score (nSPS) is 13.6. The molecule has 17 heavy (non-hydrogen) atoms. The largest absolute Gasteiger partial charge is 0.481 e. The van der Waals surface area contributed by atoms with Crippen LogP contribution >= 0.6 is 0 Å². The molecule has 1 heterocycles. The van der Waals surface area contributed by atoms with Crippen molar-refractivity contribution in [1.82, 2.24) is 4.98 Å². The van der Waals surface area contributed by atoms with Gasteiger partial charge >= 0.3 is 6.18 Å². The third kappa shape index (κ3) is 3.33. The number of pyridine rings is 1. The molecule has 96 valence electrons. The SMILES string of the molecule is COc1nc(C)c(C[C@@H](C)O)cc1C(F)(F)F. The van der Waals surface area contributed by atoms with Gasteiger partial charge in [0.2, 0.25) is 5.88 Å². The second-order valence-corrected chi connectivity index (χ2v) is 3.84. The quantitative estimate of drug-likeness (QED) is 0.894. The molecule has 6 heteroatoms. The summed E-state index contributed by atoms with van der Waals surface area (Å²) in [6, 6.07) is 0.980. The van der Waals surface area contributed by atoms with E-state index in [1.807, 2.05) is 0 Å². The van der Waals surface area contributed by atoms with Crippen LogP contribution in [0.2, 0.25) is 0 Å². The van der Waals surface area contributed by atoms with Crippen LogP contribution < -0.4 is 4.74 Å². The van der Waals surface area contributed by atoms with E-state index in [1.165, 1.54) is 6.92 Å². The molecule has 0 radical (unpaired) electrons. The Bertz CT molecular complexity index is 402. The number of aryl methyl sites for hydroxylation is 1. The Kier molecular flexibility index (Phi) is 3.98. The Labute approximate surface area is 97.2 Å². The van der Waals surface area contributed by atoms with Gasteiger partial charge in [0.05, 0.1) is 13.2 Å². The molecule has 0 saturated carbocycles. The van der Waals surface area contributed by atoms with Crippen molar-refractivity contribution in [1.29, 1.82) is 0 Å². The number of rotatable bonds is 3. The topological polar surface area (TPSA) is 42.4 Å². The molecule has 0 aliphatic heterocycles. The Morgan fingerprint density at radius 3 is 2.47 bits per heavy atom. The van der Waals surface area contributed by atoms with Crippen molar-refractivity contribution in [3.63, 3.8) is 0 Å². The van der Waals surface area contributed by atoms with Gasteiger partial charge in [-0.15, -0.1) is 0 Å². The molecule has 0 amide bonds. The molecule has 1 rings (SSSR count). The minimum atomic E-state index is -4.51.